The molecule has 0 unspecified atom stereocenters. The summed E-state index contributed by atoms with van der Waals surface area (Å²) in [7, 11) is 5.26. The van der Waals surface area contributed by atoms with Crippen molar-refractivity contribution in [1.82, 2.24) is 0 Å². The summed E-state index contributed by atoms with van der Waals surface area (Å²) in [6, 6.07) is 8.23. The summed E-state index contributed by atoms with van der Waals surface area (Å²) in [6.45, 7) is 2.25. The molecule has 0 spiro atoms. The zero-order valence-corrected chi connectivity index (χ0v) is 14.4. The summed E-state index contributed by atoms with van der Waals surface area (Å²) in [5, 5.41) is 0. The first-order valence-electron chi connectivity index (χ1n) is 7.02. The Hall–Kier alpha value is -0.710. The summed E-state index contributed by atoms with van der Waals surface area (Å²) in [4.78, 5) is 1.45. The van der Waals surface area contributed by atoms with E-state index in [2.05, 4.69) is 19.1 Å². The van der Waals surface area contributed by atoms with Gasteiger partial charge >= 0.3 is 0 Å². The second-order valence-corrected chi connectivity index (χ2v) is 7.69. The van der Waals surface area contributed by atoms with Gasteiger partial charge in [-0.2, -0.15) is 0 Å². The average molecular weight is 325 g/mol. The number of aryl methyl sites for hydroxylation is 1. The van der Waals surface area contributed by atoms with Gasteiger partial charge in [0.1, 0.15) is 9.57 Å². The Balaban J connectivity index is 2.17. The minimum absolute atomic E-state index is 0.892. The smallest absolute Gasteiger partial charge is 0.118 e. The zero-order valence-electron chi connectivity index (χ0n) is 12.0. The highest BCUT2D eigenvalue weighted by molar-refractivity contribution is 7.79. The van der Waals surface area contributed by atoms with Crippen LogP contribution in [0.2, 0.25) is 0 Å². The summed E-state index contributed by atoms with van der Waals surface area (Å²) in [6.07, 6.45) is 6.34. The lowest BCUT2D eigenvalue weighted by Crippen LogP contribution is -1.87. The van der Waals surface area contributed by atoms with Gasteiger partial charge in [-0.1, -0.05) is 71.2 Å². The monoisotopic (exact) mass is 324 g/mol. The van der Waals surface area contributed by atoms with Gasteiger partial charge in [0, 0.05) is 10.4 Å². The highest BCUT2D eigenvalue weighted by Crippen LogP contribution is 2.35. The van der Waals surface area contributed by atoms with Crippen LogP contribution in [-0.2, 0) is 6.42 Å². The number of methoxy groups -OCH3 is 1. The summed E-state index contributed by atoms with van der Waals surface area (Å²) >= 11 is 5.52. The fourth-order valence-corrected chi connectivity index (χ4v) is 5.19. The maximum absolute atomic E-state index is 5.52. The minimum Gasteiger partial charge on any atom is -0.497 e. The van der Waals surface area contributed by atoms with Gasteiger partial charge in [-0.25, -0.2) is 0 Å². The molecule has 0 amide bonds. The van der Waals surface area contributed by atoms with E-state index < -0.39 is 0 Å². The third kappa shape index (κ3) is 3.90. The fraction of sp³-hybridized carbons (Fsp3) is 0.438. The van der Waals surface area contributed by atoms with E-state index in [-0.39, 0.29) is 0 Å². The van der Waals surface area contributed by atoms with Crippen molar-refractivity contribution in [2.24, 2.45) is 0 Å². The van der Waals surface area contributed by atoms with Crippen molar-refractivity contribution in [3.8, 4) is 16.9 Å². The molecule has 0 saturated heterocycles. The van der Waals surface area contributed by atoms with E-state index in [1.165, 1.54) is 41.7 Å². The van der Waals surface area contributed by atoms with E-state index in [4.69, 9.17) is 17.0 Å². The molecule has 0 radical (unpaired) electrons. The van der Waals surface area contributed by atoms with Crippen LogP contribution in [0.4, 0.5) is 0 Å². The third-order valence-electron chi connectivity index (χ3n) is 3.34. The van der Waals surface area contributed by atoms with E-state index in [1.54, 1.807) is 17.5 Å². The predicted octanol–water partition coefficient (Wildman–Crippen LogP) is 6.34. The molecule has 0 aliphatic heterocycles. The van der Waals surface area contributed by atoms with Crippen molar-refractivity contribution in [3.63, 3.8) is 0 Å². The van der Waals surface area contributed by atoms with Crippen molar-refractivity contribution in [2.45, 2.75) is 39.0 Å². The van der Waals surface area contributed by atoms with Gasteiger partial charge in [0.2, 0.25) is 0 Å². The summed E-state index contributed by atoms with van der Waals surface area (Å²) < 4.78 is 6.24. The number of hydrogen-bond acceptors (Lipinski definition) is 4. The quantitative estimate of drug-likeness (QED) is 0.334. The second-order valence-electron chi connectivity index (χ2n) is 4.79. The Bertz CT molecular complexity index is 581. The van der Waals surface area contributed by atoms with Crippen LogP contribution < -0.4 is 4.74 Å². The van der Waals surface area contributed by atoms with Crippen molar-refractivity contribution in [2.75, 3.05) is 7.11 Å². The van der Waals surface area contributed by atoms with Gasteiger partial charge in [0.15, 0.2) is 0 Å². The molecule has 1 aromatic carbocycles. The molecule has 2 rings (SSSR count). The fourth-order valence-electron chi connectivity index (χ4n) is 2.20. The van der Waals surface area contributed by atoms with Gasteiger partial charge in [0.05, 0.1) is 7.11 Å². The SMILES string of the molecule is CCCCCCc1ssc(=S)c1-c1ccc(OC)cc1. The van der Waals surface area contributed by atoms with Crippen LogP contribution in [0, 0.1) is 3.82 Å². The molecule has 0 aliphatic carbocycles. The lowest BCUT2D eigenvalue weighted by molar-refractivity contribution is 0.415. The van der Waals surface area contributed by atoms with Crippen molar-refractivity contribution in [3.05, 3.63) is 33.0 Å². The van der Waals surface area contributed by atoms with Crippen LogP contribution in [0.3, 0.4) is 0 Å². The number of benzene rings is 1. The third-order valence-corrected chi connectivity index (χ3v) is 6.51. The standard InChI is InChI=1S/C16H20OS3/c1-3-4-5-6-7-14-15(16(18)20-19-14)12-8-10-13(17-2)11-9-12/h8-11H,3-7H2,1-2H3. The number of rotatable bonds is 7. The molecule has 0 aliphatic rings. The molecule has 0 atom stereocenters. The Morgan fingerprint density at radius 3 is 2.45 bits per heavy atom. The molecule has 0 N–H and O–H groups in total. The normalized spacial score (nSPS) is 10.7. The van der Waals surface area contributed by atoms with Crippen LogP contribution in [0.1, 0.15) is 37.5 Å². The lowest BCUT2D eigenvalue weighted by Gasteiger charge is -2.05. The van der Waals surface area contributed by atoms with Crippen LogP contribution >= 0.6 is 32.9 Å². The minimum atomic E-state index is 0.892. The van der Waals surface area contributed by atoms with Crippen LogP contribution in [0.5, 0.6) is 5.75 Å². The van der Waals surface area contributed by atoms with Crippen LogP contribution in [-0.4, -0.2) is 7.11 Å². The number of hydrogen-bond donors (Lipinski definition) is 0. The molecule has 1 heterocycles. The number of ether oxygens (including phenoxy) is 1. The molecular weight excluding hydrogens is 304 g/mol. The maximum atomic E-state index is 5.52. The Morgan fingerprint density at radius 2 is 1.80 bits per heavy atom. The van der Waals surface area contributed by atoms with Crippen molar-refractivity contribution in [1.29, 1.82) is 0 Å². The van der Waals surface area contributed by atoms with Gasteiger partial charge in [-0.3, -0.25) is 0 Å². The van der Waals surface area contributed by atoms with Gasteiger partial charge in [0.25, 0.3) is 0 Å². The number of unbranched alkanes of at least 4 members (excludes halogenated alkanes) is 3. The van der Waals surface area contributed by atoms with Gasteiger partial charge in [-0.15, -0.1) is 0 Å². The maximum Gasteiger partial charge on any atom is 0.118 e. The molecule has 0 bridgehead atoms. The highest BCUT2D eigenvalue weighted by atomic mass is 32.9. The molecule has 0 fully saturated rings. The Kier molecular flexibility index (Phi) is 6.20. The average Bonchev–Trinajstić information content (AvgIpc) is 2.85. The first-order chi connectivity index (χ1) is 9.76. The molecule has 4 heteroatoms. The van der Waals surface area contributed by atoms with Gasteiger partial charge in [-0.05, 0) is 30.5 Å². The van der Waals surface area contributed by atoms with Crippen LogP contribution in [0.25, 0.3) is 11.1 Å². The first kappa shape index (κ1) is 15.7. The van der Waals surface area contributed by atoms with E-state index in [9.17, 15) is 0 Å². The predicted molar refractivity (Wildman–Crippen MR) is 92.9 cm³/mol. The Labute approximate surface area is 133 Å². The highest BCUT2D eigenvalue weighted by Gasteiger charge is 2.10. The first-order valence-corrected chi connectivity index (χ1v) is 9.58. The molecule has 1 nitrogen and oxygen atoms in total. The lowest BCUT2D eigenvalue weighted by atomic mass is 10.0. The molecule has 1 aromatic heterocycles. The van der Waals surface area contributed by atoms with Crippen molar-refractivity contribution < 1.29 is 4.74 Å². The second kappa shape index (κ2) is 7.91. The van der Waals surface area contributed by atoms with E-state index >= 15 is 0 Å². The molecule has 2 aromatic rings. The molecule has 0 saturated carbocycles. The molecular formula is C16H20OS3. The van der Waals surface area contributed by atoms with Crippen molar-refractivity contribution >= 4 is 32.9 Å². The van der Waals surface area contributed by atoms with Crippen LogP contribution in [0.15, 0.2) is 24.3 Å². The van der Waals surface area contributed by atoms with E-state index in [1.807, 2.05) is 22.5 Å². The largest absolute Gasteiger partial charge is 0.497 e. The Morgan fingerprint density at radius 1 is 1.05 bits per heavy atom. The topological polar surface area (TPSA) is 9.23 Å². The van der Waals surface area contributed by atoms with E-state index in [0.29, 0.717) is 0 Å². The van der Waals surface area contributed by atoms with Gasteiger partial charge < -0.3 is 4.74 Å². The summed E-state index contributed by atoms with van der Waals surface area (Å²) in [5.41, 5.74) is 2.49. The molecule has 108 valence electrons. The zero-order chi connectivity index (χ0) is 14.4. The van der Waals surface area contributed by atoms with E-state index in [0.717, 1.165) is 16.0 Å². The molecule has 20 heavy (non-hydrogen) atoms. The summed E-state index contributed by atoms with van der Waals surface area (Å²) in [5.74, 6) is 0.892.